The Hall–Kier alpha value is -2.14. The number of carbonyl (C=O) groups excluding carboxylic acids is 1. The van der Waals surface area contributed by atoms with Gasteiger partial charge < -0.3 is 10.6 Å². The molecule has 27 heavy (non-hydrogen) atoms. The van der Waals surface area contributed by atoms with Crippen molar-refractivity contribution in [3.8, 4) is 0 Å². The van der Waals surface area contributed by atoms with Gasteiger partial charge in [-0.2, -0.15) is 0 Å². The lowest BCUT2D eigenvalue weighted by Crippen LogP contribution is -2.47. The van der Waals surface area contributed by atoms with Gasteiger partial charge in [-0.3, -0.25) is 14.7 Å². The van der Waals surface area contributed by atoms with Crippen LogP contribution in [0, 0.1) is 0 Å². The fourth-order valence-electron chi connectivity index (χ4n) is 4.54. The number of rotatable bonds is 3. The third-order valence-electron chi connectivity index (χ3n) is 6.30. The van der Waals surface area contributed by atoms with E-state index in [1.165, 1.54) is 19.3 Å². The SMILES string of the molecule is C[C@@H]1CCCCN1CC(=O)N1CCC(c2nc3ccccc3cc2N)CC1. The van der Waals surface area contributed by atoms with Gasteiger partial charge in [0.15, 0.2) is 0 Å². The van der Waals surface area contributed by atoms with Crippen LogP contribution < -0.4 is 5.73 Å². The predicted octanol–water partition coefficient (Wildman–Crippen LogP) is 3.40. The van der Waals surface area contributed by atoms with Crippen molar-refractivity contribution in [2.45, 2.75) is 51.0 Å². The van der Waals surface area contributed by atoms with E-state index in [2.05, 4.69) is 11.8 Å². The Labute approximate surface area is 161 Å². The summed E-state index contributed by atoms with van der Waals surface area (Å²) in [7, 11) is 0. The molecule has 5 heteroatoms. The molecule has 5 nitrogen and oxygen atoms in total. The second-order valence-electron chi connectivity index (χ2n) is 8.13. The van der Waals surface area contributed by atoms with Crippen molar-refractivity contribution >= 4 is 22.5 Å². The van der Waals surface area contributed by atoms with Crippen LogP contribution in [0.5, 0.6) is 0 Å². The summed E-state index contributed by atoms with van der Waals surface area (Å²) in [6.45, 7) is 5.48. The van der Waals surface area contributed by atoms with Crippen LogP contribution in [0.25, 0.3) is 10.9 Å². The topological polar surface area (TPSA) is 62.5 Å². The van der Waals surface area contributed by atoms with Gasteiger partial charge in [-0.15, -0.1) is 0 Å². The van der Waals surface area contributed by atoms with Crippen molar-refractivity contribution < 1.29 is 4.79 Å². The molecule has 2 aliphatic rings. The van der Waals surface area contributed by atoms with Crippen LogP contribution in [0.1, 0.15) is 50.6 Å². The monoisotopic (exact) mass is 366 g/mol. The number of likely N-dealkylation sites (tertiary alicyclic amines) is 2. The summed E-state index contributed by atoms with van der Waals surface area (Å²) in [4.78, 5) is 22.0. The summed E-state index contributed by atoms with van der Waals surface area (Å²) in [5.41, 5.74) is 9.08. The maximum atomic E-state index is 12.7. The minimum Gasteiger partial charge on any atom is -0.397 e. The zero-order valence-corrected chi connectivity index (χ0v) is 16.2. The molecule has 1 aromatic carbocycles. The first-order valence-corrected chi connectivity index (χ1v) is 10.3. The van der Waals surface area contributed by atoms with Gasteiger partial charge >= 0.3 is 0 Å². The van der Waals surface area contributed by atoms with E-state index >= 15 is 0 Å². The number of hydrogen-bond acceptors (Lipinski definition) is 4. The van der Waals surface area contributed by atoms with Gasteiger partial charge in [0, 0.05) is 30.4 Å². The Morgan fingerprint density at radius 2 is 1.93 bits per heavy atom. The third-order valence-corrected chi connectivity index (χ3v) is 6.30. The van der Waals surface area contributed by atoms with Crippen molar-refractivity contribution in [2.75, 3.05) is 31.9 Å². The fraction of sp³-hybridized carbons (Fsp3) is 0.545. The standard InChI is InChI=1S/C22H30N4O/c1-16-6-4-5-11-26(16)15-21(27)25-12-9-17(10-13-25)22-19(23)14-18-7-2-3-8-20(18)24-22/h2-3,7-8,14,16-17H,4-6,9-13,15,23H2,1H3/t16-/m1/s1. The minimum absolute atomic E-state index is 0.279. The molecule has 2 aromatic rings. The number of carbonyl (C=O) groups is 1. The zero-order chi connectivity index (χ0) is 18.8. The lowest BCUT2D eigenvalue weighted by molar-refractivity contribution is -0.134. The maximum absolute atomic E-state index is 12.7. The molecule has 2 fully saturated rings. The summed E-state index contributed by atoms with van der Waals surface area (Å²) in [5.74, 6) is 0.620. The van der Waals surface area contributed by atoms with E-state index in [9.17, 15) is 4.79 Å². The van der Waals surface area contributed by atoms with Gasteiger partial charge in [-0.1, -0.05) is 24.6 Å². The number of anilines is 1. The van der Waals surface area contributed by atoms with Crippen LogP contribution in [0.2, 0.25) is 0 Å². The number of para-hydroxylation sites is 1. The highest BCUT2D eigenvalue weighted by atomic mass is 16.2. The van der Waals surface area contributed by atoms with E-state index in [0.717, 1.165) is 54.8 Å². The van der Waals surface area contributed by atoms with Crippen molar-refractivity contribution in [3.63, 3.8) is 0 Å². The maximum Gasteiger partial charge on any atom is 0.236 e. The summed E-state index contributed by atoms with van der Waals surface area (Å²) in [6, 6.07) is 10.7. The highest BCUT2D eigenvalue weighted by Crippen LogP contribution is 2.32. The molecule has 0 bridgehead atoms. The van der Waals surface area contributed by atoms with Crippen LogP contribution in [-0.4, -0.2) is 52.9 Å². The molecule has 144 valence electrons. The zero-order valence-electron chi connectivity index (χ0n) is 16.2. The summed E-state index contributed by atoms with van der Waals surface area (Å²) in [6.07, 6.45) is 5.60. The second-order valence-corrected chi connectivity index (χ2v) is 8.13. The quantitative estimate of drug-likeness (QED) is 0.904. The van der Waals surface area contributed by atoms with Gasteiger partial charge in [0.1, 0.15) is 0 Å². The van der Waals surface area contributed by atoms with E-state index in [1.807, 2.05) is 35.2 Å². The highest BCUT2D eigenvalue weighted by molar-refractivity contribution is 5.82. The molecule has 1 amide bonds. The Morgan fingerprint density at radius 1 is 1.15 bits per heavy atom. The second kappa shape index (κ2) is 7.85. The van der Waals surface area contributed by atoms with E-state index in [0.29, 0.717) is 18.5 Å². The molecule has 1 aromatic heterocycles. The van der Waals surface area contributed by atoms with E-state index in [-0.39, 0.29) is 5.91 Å². The van der Waals surface area contributed by atoms with Gasteiger partial charge in [-0.05, 0) is 51.3 Å². The van der Waals surface area contributed by atoms with Crippen LogP contribution in [0.4, 0.5) is 5.69 Å². The van der Waals surface area contributed by atoms with Crippen molar-refractivity contribution in [2.24, 2.45) is 0 Å². The lowest BCUT2D eigenvalue weighted by Gasteiger charge is -2.37. The van der Waals surface area contributed by atoms with Gasteiger partial charge in [-0.25, -0.2) is 0 Å². The van der Waals surface area contributed by atoms with E-state index < -0.39 is 0 Å². The summed E-state index contributed by atoms with van der Waals surface area (Å²) in [5, 5.41) is 1.09. The average molecular weight is 367 g/mol. The van der Waals surface area contributed by atoms with Crippen molar-refractivity contribution in [3.05, 3.63) is 36.0 Å². The fourth-order valence-corrected chi connectivity index (χ4v) is 4.54. The average Bonchev–Trinajstić information content (AvgIpc) is 2.69. The molecular weight excluding hydrogens is 336 g/mol. The highest BCUT2D eigenvalue weighted by Gasteiger charge is 2.28. The number of pyridine rings is 1. The number of fused-ring (bicyclic) bond motifs is 1. The molecule has 2 aliphatic heterocycles. The molecule has 4 rings (SSSR count). The van der Waals surface area contributed by atoms with Crippen molar-refractivity contribution in [1.82, 2.24) is 14.8 Å². The predicted molar refractivity (Wildman–Crippen MR) is 110 cm³/mol. The van der Waals surface area contributed by atoms with Crippen LogP contribution in [0.15, 0.2) is 30.3 Å². The summed E-state index contributed by atoms with van der Waals surface area (Å²) >= 11 is 0. The molecule has 0 unspecified atom stereocenters. The van der Waals surface area contributed by atoms with Crippen LogP contribution in [-0.2, 0) is 4.79 Å². The molecule has 1 atom stereocenters. The lowest BCUT2D eigenvalue weighted by atomic mass is 9.91. The number of nitrogen functional groups attached to an aromatic ring is 1. The molecule has 0 saturated carbocycles. The van der Waals surface area contributed by atoms with Crippen molar-refractivity contribution in [1.29, 1.82) is 0 Å². The number of nitrogens with two attached hydrogens (primary N) is 1. The van der Waals surface area contributed by atoms with Gasteiger partial charge in [0.25, 0.3) is 0 Å². The number of piperidine rings is 2. The number of amides is 1. The van der Waals surface area contributed by atoms with Gasteiger partial charge in [0.05, 0.1) is 23.4 Å². The van der Waals surface area contributed by atoms with E-state index in [4.69, 9.17) is 10.7 Å². The number of benzene rings is 1. The molecule has 0 radical (unpaired) electrons. The number of nitrogens with zero attached hydrogens (tertiary/aromatic N) is 3. The largest absolute Gasteiger partial charge is 0.397 e. The Morgan fingerprint density at radius 3 is 2.70 bits per heavy atom. The molecule has 0 aliphatic carbocycles. The van der Waals surface area contributed by atoms with Crippen LogP contribution in [0.3, 0.4) is 0 Å². The first-order valence-electron chi connectivity index (χ1n) is 10.3. The number of aromatic nitrogens is 1. The molecule has 2 N–H and O–H groups in total. The van der Waals surface area contributed by atoms with Gasteiger partial charge in [0.2, 0.25) is 5.91 Å². The molecule has 3 heterocycles. The molecular formula is C22H30N4O. The third kappa shape index (κ3) is 3.93. The Bertz CT molecular complexity index is 813. The smallest absolute Gasteiger partial charge is 0.236 e. The van der Waals surface area contributed by atoms with E-state index in [1.54, 1.807) is 0 Å². The Balaban J connectivity index is 1.38. The summed E-state index contributed by atoms with van der Waals surface area (Å²) < 4.78 is 0. The first-order chi connectivity index (χ1) is 13.1. The minimum atomic E-state index is 0.279. The Kier molecular flexibility index (Phi) is 5.30. The first kappa shape index (κ1) is 18.2. The normalized spacial score (nSPS) is 22.3. The molecule has 2 saturated heterocycles. The number of hydrogen-bond donors (Lipinski definition) is 1. The molecule has 0 spiro atoms. The van der Waals surface area contributed by atoms with Crippen LogP contribution >= 0.6 is 0 Å².